The highest BCUT2D eigenvalue weighted by atomic mass is 35.5. The minimum atomic E-state index is -3.90. The summed E-state index contributed by atoms with van der Waals surface area (Å²) in [6.07, 6.45) is 2.47. The summed E-state index contributed by atoms with van der Waals surface area (Å²) in [6.45, 7) is 3.79. The number of benzene rings is 1. The normalized spacial score (nSPS) is 14.6. The zero-order valence-electron chi connectivity index (χ0n) is 11.8. The highest BCUT2D eigenvalue weighted by Gasteiger charge is 2.31. The van der Waals surface area contributed by atoms with Crippen molar-refractivity contribution in [3.8, 4) is 5.75 Å². The van der Waals surface area contributed by atoms with Crippen LogP contribution in [0.3, 0.4) is 0 Å². The largest absolute Gasteiger partial charge is 0.608 e. The smallest absolute Gasteiger partial charge is 0.392 e. The molecule has 0 N–H and O–H groups in total. The molecule has 118 valence electrons. The lowest BCUT2D eigenvalue weighted by molar-refractivity contribution is 0.160. The predicted octanol–water partition coefficient (Wildman–Crippen LogP) is 5.62. The summed E-state index contributed by atoms with van der Waals surface area (Å²) in [4.78, 5) is 0. The highest BCUT2D eigenvalue weighted by Crippen LogP contribution is 2.51. The van der Waals surface area contributed by atoms with Gasteiger partial charge in [0.2, 0.25) is 0 Å². The molecule has 0 aliphatic rings. The van der Waals surface area contributed by atoms with E-state index in [9.17, 15) is 4.57 Å². The van der Waals surface area contributed by atoms with E-state index < -0.39 is 7.82 Å². The number of thioether (sulfide) groups is 1. The van der Waals surface area contributed by atoms with Gasteiger partial charge in [-0.2, -0.15) is 0 Å². The molecule has 21 heavy (non-hydrogen) atoms. The molecule has 9 heteroatoms. The summed E-state index contributed by atoms with van der Waals surface area (Å²) in [6, 6.07) is 4.52. The molecule has 0 radical (unpaired) electrons. The zero-order valence-corrected chi connectivity index (χ0v) is 15.1. The fourth-order valence-electron chi connectivity index (χ4n) is 1.08. The first-order valence-electron chi connectivity index (χ1n) is 6.06. The van der Waals surface area contributed by atoms with Gasteiger partial charge in [-0.3, -0.25) is 9.15 Å². The summed E-state index contributed by atoms with van der Waals surface area (Å²) in [5.74, 6) is 0.150. The topological polar surface area (TPSA) is 57.1 Å². The van der Waals surface area contributed by atoms with E-state index in [2.05, 4.69) is 5.16 Å². The van der Waals surface area contributed by atoms with Crippen LogP contribution < -0.4 is 4.52 Å². The monoisotopic (exact) mass is 371 g/mol. The van der Waals surface area contributed by atoms with Crippen LogP contribution in [-0.4, -0.2) is 17.9 Å². The number of rotatable bonds is 7. The van der Waals surface area contributed by atoms with Gasteiger partial charge in [-0.05, 0) is 37.8 Å². The van der Waals surface area contributed by atoms with Crippen LogP contribution in [-0.2, 0) is 13.7 Å². The summed E-state index contributed by atoms with van der Waals surface area (Å²) in [5, 5.41) is 4.94. The third-order valence-corrected chi connectivity index (χ3v) is 4.52. The number of phosphoric ester groups is 1. The Morgan fingerprint density at radius 2 is 2.14 bits per heavy atom. The fraction of sp³-hybridized carbons (Fsp3) is 0.417. The van der Waals surface area contributed by atoms with E-state index in [1.807, 2.05) is 13.2 Å². The van der Waals surface area contributed by atoms with Gasteiger partial charge in [0, 0.05) is 5.02 Å². The van der Waals surface area contributed by atoms with Crippen molar-refractivity contribution < 1.29 is 18.2 Å². The number of oxime groups is 1. The lowest BCUT2D eigenvalue weighted by atomic mass is 10.3. The Morgan fingerprint density at radius 3 is 2.71 bits per heavy atom. The van der Waals surface area contributed by atoms with Gasteiger partial charge in [-0.15, -0.1) is 11.8 Å². The quantitative estimate of drug-likeness (QED) is 0.269. The molecule has 1 aromatic rings. The number of hydrogen-bond donors (Lipinski definition) is 0. The Kier molecular flexibility index (Phi) is 7.92. The van der Waals surface area contributed by atoms with Crippen molar-refractivity contribution in [1.29, 1.82) is 0 Å². The molecule has 1 aromatic carbocycles. The van der Waals surface area contributed by atoms with Gasteiger partial charge in [-0.25, -0.2) is 4.57 Å². The standard InChI is InChI=1S/C12H16Cl2NO4PS/c1-4-7-17-20(16,19-15-9(2)21-3)18-12-6-5-10(13)8-11(12)14/h5-6,8H,4,7H2,1-3H3/b15-9+. The second-order valence-electron chi connectivity index (χ2n) is 3.84. The van der Waals surface area contributed by atoms with E-state index in [1.54, 1.807) is 13.0 Å². The lowest BCUT2D eigenvalue weighted by Crippen LogP contribution is -2.02. The molecule has 0 saturated heterocycles. The number of phosphoric acid groups is 1. The van der Waals surface area contributed by atoms with Gasteiger partial charge < -0.3 is 4.52 Å². The second-order valence-corrected chi connectivity index (χ2v) is 7.18. The van der Waals surface area contributed by atoms with Crippen LogP contribution in [0.2, 0.25) is 10.0 Å². The third kappa shape index (κ3) is 6.49. The molecular formula is C12H16Cl2NO4PS. The number of nitrogens with zero attached hydrogens (tertiary/aromatic N) is 1. The summed E-state index contributed by atoms with van der Waals surface area (Å²) >= 11 is 13.1. The maximum absolute atomic E-state index is 12.5. The van der Waals surface area contributed by atoms with E-state index in [0.717, 1.165) is 0 Å². The Labute approximate surface area is 138 Å². The second kappa shape index (κ2) is 8.91. The van der Waals surface area contributed by atoms with Crippen LogP contribution in [0, 0.1) is 0 Å². The van der Waals surface area contributed by atoms with E-state index in [1.165, 1.54) is 23.9 Å². The van der Waals surface area contributed by atoms with Crippen molar-refractivity contribution in [2.24, 2.45) is 5.16 Å². The molecule has 0 aliphatic heterocycles. The van der Waals surface area contributed by atoms with E-state index in [-0.39, 0.29) is 17.4 Å². The Morgan fingerprint density at radius 1 is 1.43 bits per heavy atom. The van der Waals surface area contributed by atoms with Crippen molar-refractivity contribution in [2.45, 2.75) is 20.3 Å². The first-order valence-corrected chi connectivity index (χ1v) is 9.51. The molecule has 5 nitrogen and oxygen atoms in total. The molecule has 0 heterocycles. The van der Waals surface area contributed by atoms with Crippen molar-refractivity contribution in [2.75, 3.05) is 12.9 Å². The molecule has 1 unspecified atom stereocenters. The summed E-state index contributed by atoms with van der Waals surface area (Å²) < 4.78 is 27.9. The van der Waals surface area contributed by atoms with Crippen LogP contribution in [0.1, 0.15) is 20.3 Å². The minimum absolute atomic E-state index is 0.150. The molecule has 1 atom stereocenters. The van der Waals surface area contributed by atoms with Crippen LogP contribution in [0.15, 0.2) is 23.4 Å². The van der Waals surface area contributed by atoms with Crippen molar-refractivity contribution >= 4 is 47.8 Å². The van der Waals surface area contributed by atoms with Crippen molar-refractivity contribution in [3.63, 3.8) is 0 Å². The number of hydrogen-bond acceptors (Lipinski definition) is 6. The van der Waals surface area contributed by atoms with Gasteiger partial charge in [0.1, 0.15) is 5.04 Å². The van der Waals surface area contributed by atoms with E-state index in [4.69, 9.17) is 36.9 Å². The average Bonchev–Trinajstić information content (AvgIpc) is 2.46. The van der Waals surface area contributed by atoms with Gasteiger partial charge in [0.15, 0.2) is 5.75 Å². The molecule has 0 bridgehead atoms. The average molecular weight is 372 g/mol. The van der Waals surface area contributed by atoms with Crippen molar-refractivity contribution in [1.82, 2.24) is 0 Å². The molecular weight excluding hydrogens is 356 g/mol. The van der Waals surface area contributed by atoms with E-state index in [0.29, 0.717) is 16.5 Å². The first kappa shape index (κ1) is 18.7. The van der Waals surface area contributed by atoms with Gasteiger partial charge >= 0.3 is 7.82 Å². The maximum Gasteiger partial charge on any atom is 0.608 e. The predicted molar refractivity (Wildman–Crippen MR) is 88.6 cm³/mol. The van der Waals surface area contributed by atoms with Crippen LogP contribution in [0.5, 0.6) is 5.75 Å². The van der Waals surface area contributed by atoms with Crippen LogP contribution >= 0.6 is 42.8 Å². The highest BCUT2D eigenvalue weighted by molar-refractivity contribution is 8.13. The first-order chi connectivity index (χ1) is 9.90. The van der Waals surface area contributed by atoms with E-state index >= 15 is 0 Å². The number of halogens is 2. The molecule has 0 spiro atoms. The van der Waals surface area contributed by atoms with Crippen LogP contribution in [0.4, 0.5) is 0 Å². The SMILES string of the molecule is CCCOP(=O)(O/N=C(\C)SC)Oc1ccc(Cl)cc1Cl. The molecule has 0 saturated carbocycles. The van der Waals surface area contributed by atoms with Crippen LogP contribution in [0.25, 0.3) is 0 Å². The third-order valence-electron chi connectivity index (χ3n) is 2.12. The zero-order chi connectivity index (χ0) is 15.9. The van der Waals surface area contributed by atoms with Gasteiger partial charge in [0.25, 0.3) is 0 Å². The lowest BCUT2D eigenvalue weighted by Gasteiger charge is -2.16. The minimum Gasteiger partial charge on any atom is -0.392 e. The molecule has 0 aromatic heterocycles. The van der Waals surface area contributed by atoms with Gasteiger partial charge in [-0.1, -0.05) is 35.3 Å². The fourth-order valence-corrected chi connectivity index (χ4v) is 2.91. The maximum atomic E-state index is 12.5. The Bertz CT molecular complexity index is 556. The Balaban J connectivity index is 2.93. The Hall–Kier alpha value is -0.390. The van der Waals surface area contributed by atoms with Gasteiger partial charge in [0.05, 0.1) is 11.6 Å². The molecule has 0 fully saturated rings. The molecule has 0 aliphatic carbocycles. The van der Waals surface area contributed by atoms with Crippen molar-refractivity contribution in [3.05, 3.63) is 28.2 Å². The summed E-state index contributed by atoms with van der Waals surface area (Å²) in [5.41, 5.74) is 0. The molecule has 1 rings (SSSR count). The summed E-state index contributed by atoms with van der Waals surface area (Å²) in [7, 11) is -3.90. The molecule has 0 amide bonds.